The Labute approximate surface area is 168 Å². The molecule has 1 unspecified atom stereocenters. The van der Waals surface area contributed by atoms with E-state index in [9.17, 15) is 13.2 Å². The molecule has 1 atom stereocenters. The summed E-state index contributed by atoms with van der Waals surface area (Å²) in [7, 11) is -1.34. The Balaban J connectivity index is 1.75. The second kappa shape index (κ2) is 9.30. The molecule has 0 aromatic heterocycles. The quantitative estimate of drug-likeness (QED) is 0.519. The first-order chi connectivity index (χ1) is 13.0. The molecular formula is C18H35N5O4S. The Hall–Kier alpha value is -1.55. The molecule has 0 aliphatic carbocycles. The minimum absolute atomic E-state index is 0.0337. The predicted octanol–water partition coefficient (Wildman–Crippen LogP) is 0.832. The summed E-state index contributed by atoms with van der Waals surface area (Å²) in [6.07, 6.45) is 3.41. The molecule has 2 aliphatic heterocycles. The number of hydrogen-bond donors (Lipinski definition) is 2. The van der Waals surface area contributed by atoms with Gasteiger partial charge >= 0.3 is 6.09 Å². The number of carbonyl (C=O) groups excluding carboxylic acids is 1. The van der Waals surface area contributed by atoms with Gasteiger partial charge in [-0.25, -0.2) is 17.5 Å². The SMILES string of the molecule is CN=C(NCC1CCN(S(C)(=O)=O)CC1)N1CCC(NC(=O)OC(C)(C)C)C1. The van der Waals surface area contributed by atoms with Crippen molar-refractivity contribution in [1.29, 1.82) is 0 Å². The number of likely N-dealkylation sites (tertiary alicyclic amines) is 1. The minimum Gasteiger partial charge on any atom is -0.444 e. The number of ether oxygens (including phenoxy) is 1. The van der Waals surface area contributed by atoms with Gasteiger partial charge in [0.05, 0.1) is 12.3 Å². The molecule has 2 aliphatic rings. The molecule has 0 saturated carbocycles. The molecule has 2 saturated heterocycles. The Morgan fingerprint density at radius 1 is 1.18 bits per heavy atom. The third kappa shape index (κ3) is 7.12. The van der Waals surface area contributed by atoms with Crippen LogP contribution in [0.5, 0.6) is 0 Å². The topological polar surface area (TPSA) is 103 Å². The molecule has 2 fully saturated rings. The highest BCUT2D eigenvalue weighted by molar-refractivity contribution is 7.88. The molecule has 0 aromatic carbocycles. The molecule has 1 amide bonds. The van der Waals surface area contributed by atoms with Crippen LogP contribution in [0.4, 0.5) is 4.79 Å². The van der Waals surface area contributed by atoms with Crippen molar-refractivity contribution in [1.82, 2.24) is 19.8 Å². The van der Waals surface area contributed by atoms with Crippen molar-refractivity contribution in [2.45, 2.75) is 51.7 Å². The molecule has 9 nitrogen and oxygen atoms in total. The van der Waals surface area contributed by atoms with E-state index >= 15 is 0 Å². The average Bonchev–Trinajstić information content (AvgIpc) is 3.01. The molecule has 2 N–H and O–H groups in total. The zero-order chi connectivity index (χ0) is 20.9. The Morgan fingerprint density at radius 2 is 1.82 bits per heavy atom. The number of rotatable bonds is 4. The monoisotopic (exact) mass is 417 g/mol. The van der Waals surface area contributed by atoms with E-state index in [0.717, 1.165) is 38.3 Å². The average molecular weight is 418 g/mol. The molecule has 0 spiro atoms. The van der Waals surface area contributed by atoms with Crippen molar-refractivity contribution in [2.24, 2.45) is 10.9 Å². The van der Waals surface area contributed by atoms with Crippen LogP contribution in [0.3, 0.4) is 0 Å². The smallest absolute Gasteiger partial charge is 0.407 e. The van der Waals surface area contributed by atoms with Crippen LogP contribution in [0.25, 0.3) is 0 Å². The first-order valence-corrected chi connectivity index (χ1v) is 11.7. The van der Waals surface area contributed by atoms with E-state index in [1.807, 2.05) is 20.8 Å². The number of guanidine groups is 1. The second-order valence-corrected chi connectivity index (χ2v) is 10.6. The van der Waals surface area contributed by atoms with Crippen molar-refractivity contribution in [3.05, 3.63) is 0 Å². The summed E-state index contributed by atoms with van der Waals surface area (Å²) < 4.78 is 30.1. The van der Waals surface area contributed by atoms with Crippen LogP contribution in [0.2, 0.25) is 0 Å². The number of hydrogen-bond acceptors (Lipinski definition) is 5. The molecule has 162 valence electrons. The highest BCUT2D eigenvalue weighted by Crippen LogP contribution is 2.19. The van der Waals surface area contributed by atoms with E-state index in [1.165, 1.54) is 6.26 Å². The van der Waals surface area contributed by atoms with Crippen molar-refractivity contribution in [3.8, 4) is 0 Å². The summed E-state index contributed by atoms with van der Waals surface area (Å²) in [5.74, 6) is 1.24. The zero-order valence-corrected chi connectivity index (χ0v) is 18.5. The lowest BCUT2D eigenvalue weighted by atomic mass is 9.98. The molecule has 0 bridgehead atoms. The van der Waals surface area contributed by atoms with Crippen LogP contribution in [0, 0.1) is 5.92 Å². The number of amides is 1. The number of aliphatic imine (C=N–C) groups is 1. The Morgan fingerprint density at radius 3 is 2.36 bits per heavy atom. The predicted molar refractivity (Wildman–Crippen MR) is 110 cm³/mol. The van der Waals surface area contributed by atoms with Gasteiger partial charge in [0.2, 0.25) is 10.0 Å². The summed E-state index contributed by atoms with van der Waals surface area (Å²) in [4.78, 5) is 18.4. The number of alkyl carbamates (subject to hydrolysis) is 1. The lowest BCUT2D eigenvalue weighted by molar-refractivity contribution is 0.0507. The summed E-state index contributed by atoms with van der Waals surface area (Å²) in [6.45, 7) is 8.97. The number of nitrogens with one attached hydrogen (secondary N) is 2. The highest BCUT2D eigenvalue weighted by atomic mass is 32.2. The zero-order valence-electron chi connectivity index (χ0n) is 17.7. The van der Waals surface area contributed by atoms with Crippen molar-refractivity contribution < 1.29 is 17.9 Å². The van der Waals surface area contributed by atoms with E-state index in [2.05, 4.69) is 20.5 Å². The van der Waals surface area contributed by atoms with Crippen molar-refractivity contribution in [3.63, 3.8) is 0 Å². The number of sulfonamides is 1. The van der Waals surface area contributed by atoms with Gasteiger partial charge in [-0.05, 0) is 46.0 Å². The third-order valence-electron chi connectivity index (χ3n) is 5.01. The maximum atomic E-state index is 11.9. The van der Waals surface area contributed by atoms with Gasteiger partial charge in [-0.2, -0.15) is 0 Å². The van der Waals surface area contributed by atoms with Crippen LogP contribution in [0.15, 0.2) is 4.99 Å². The van der Waals surface area contributed by atoms with Gasteiger partial charge in [0.25, 0.3) is 0 Å². The van der Waals surface area contributed by atoms with E-state index in [1.54, 1.807) is 11.4 Å². The largest absolute Gasteiger partial charge is 0.444 e. The van der Waals surface area contributed by atoms with Gasteiger partial charge in [-0.3, -0.25) is 4.99 Å². The van der Waals surface area contributed by atoms with Crippen LogP contribution in [-0.2, 0) is 14.8 Å². The summed E-state index contributed by atoms with van der Waals surface area (Å²) in [5.41, 5.74) is -0.507. The van der Waals surface area contributed by atoms with E-state index in [-0.39, 0.29) is 12.1 Å². The number of carbonyl (C=O) groups is 1. The van der Waals surface area contributed by atoms with Crippen molar-refractivity contribution >= 4 is 22.1 Å². The number of piperidine rings is 1. The lowest BCUT2D eigenvalue weighted by Gasteiger charge is -2.31. The third-order valence-corrected chi connectivity index (χ3v) is 6.31. The summed E-state index contributed by atoms with van der Waals surface area (Å²) in [5, 5.41) is 6.33. The van der Waals surface area contributed by atoms with Crippen molar-refractivity contribution in [2.75, 3.05) is 46.0 Å². The van der Waals surface area contributed by atoms with E-state index in [0.29, 0.717) is 25.6 Å². The maximum Gasteiger partial charge on any atom is 0.407 e. The van der Waals surface area contributed by atoms with Gasteiger partial charge in [-0.15, -0.1) is 0 Å². The molecule has 10 heteroatoms. The lowest BCUT2D eigenvalue weighted by Crippen LogP contribution is -2.46. The van der Waals surface area contributed by atoms with Crippen LogP contribution in [-0.4, -0.2) is 87.3 Å². The first kappa shape index (κ1) is 22.7. The summed E-state index contributed by atoms with van der Waals surface area (Å²) in [6, 6.07) is 0.0337. The van der Waals surface area contributed by atoms with Gasteiger partial charge in [0, 0.05) is 39.8 Å². The fraction of sp³-hybridized carbons (Fsp3) is 0.889. The first-order valence-electron chi connectivity index (χ1n) is 9.88. The molecule has 2 rings (SSSR count). The summed E-state index contributed by atoms with van der Waals surface area (Å²) >= 11 is 0. The van der Waals surface area contributed by atoms with Crippen LogP contribution < -0.4 is 10.6 Å². The molecule has 0 radical (unpaired) electrons. The molecule has 28 heavy (non-hydrogen) atoms. The number of nitrogens with zero attached hydrogens (tertiary/aromatic N) is 3. The maximum absolute atomic E-state index is 11.9. The highest BCUT2D eigenvalue weighted by Gasteiger charge is 2.29. The minimum atomic E-state index is -3.09. The van der Waals surface area contributed by atoms with Crippen LogP contribution in [0.1, 0.15) is 40.0 Å². The standard InChI is InChI=1S/C18H35N5O4S/c1-18(2,3)27-17(24)21-15-8-9-22(13-15)16(19-4)20-12-14-6-10-23(11-7-14)28(5,25)26/h14-15H,6-13H2,1-5H3,(H,19,20)(H,21,24). The van der Waals surface area contributed by atoms with Gasteiger partial charge in [0.15, 0.2) is 5.96 Å². The van der Waals surface area contributed by atoms with Gasteiger partial charge < -0.3 is 20.3 Å². The molecular weight excluding hydrogens is 382 g/mol. The van der Waals surface area contributed by atoms with Gasteiger partial charge in [0.1, 0.15) is 5.60 Å². The molecule has 2 heterocycles. The fourth-order valence-electron chi connectivity index (χ4n) is 3.56. The van der Waals surface area contributed by atoms with E-state index in [4.69, 9.17) is 4.74 Å². The molecule has 0 aromatic rings. The van der Waals surface area contributed by atoms with E-state index < -0.39 is 15.6 Å². The van der Waals surface area contributed by atoms with Gasteiger partial charge in [-0.1, -0.05) is 0 Å². The second-order valence-electron chi connectivity index (χ2n) is 8.61. The van der Waals surface area contributed by atoms with Crippen LogP contribution >= 0.6 is 0 Å². The fourth-order valence-corrected chi connectivity index (χ4v) is 4.43. The Bertz CT molecular complexity index is 666. The normalized spacial score (nSPS) is 23.0. The Kier molecular flexibility index (Phi) is 7.55.